The zero-order chi connectivity index (χ0) is 36.9. The van der Waals surface area contributed by atoms with Crippen LogP contribution in [0.3, 0.4) is 0 Å². The van der Waals surface area contributed by atoms with E-state index in [4.69, 9.17) is 33.7 Å². The van der Waals surface area contributed by atoms with E-state index >= 15 is 0 Å². The number of unbranched alkanes of at least 4 members (excludes halogenated alkanes) is 2. The second kappa shape index (κ2) is 19.0. The summed E-state index contributed by atoms with van der Waals surface area (Å²) in [4.78, 5) is 14.2. The van der Waals surface area contributed by atoms with Gasteiger partial charge < -0.3 is 44.1 Å². The van der Waals surface area contributed by atoms with Crippen LogP contribution in [-0.4, -0.2) is 94.3 Å². The first kappa shape index (κ1) is 38.2. The molecule has 0 radical (unpaired) electrons. The van der Waals surface area contributed by atoms with Crippen molar-refractivity contribution < 1.29 is 44.1 Å². The number of hydrogen-bond donors (Lipinski definition) is 4. The molecule has 0 amide bonds. The molecule has 0 spiro atoms. The third kappa shape index (κ3) is 10.1. The van der Waals surface area contributed by atoms with Crippen molar-refractivity contribution in [3.8, 4) is 62.9 Å². The van der Waals surface area contributed by atoms with Crippen molar-refractivity contribution in [2.75, 3.05) is 46.8 Å². The van der Waals surface area contributed by atoms with Gasteiger partial charge in [-0.2, -0.15) is 0 Å². The molecule has 0 fully saturated rings. The highest BCUT2D eigenvalue weighted by atomic mass is 16.5. The van der Waals surface area contributed by atoms with Gasteiger partial charge in [0.2, 0.25) is 0 Å². The zero-order valence-corrected chi connectivity index (χ0v) is 29.8. The van der Waals surface area contributed by atoms with Crippen molar-refractivity contribution in [1.29, 1.82) is 0 Å². The average Bonchev–Trinajstić information content (AvgIpc) is 3.16. The fourth-order valence-corrected chi connectivity index (χ4v) is 5.37. The molecule has 5 aromatic rings. The van der Waals surface area contributed by atoms with E-state index in [1.165, 1.54) is 12.1 Å². The lowest BCUT2D eigenvalue weighted by atomic mass is 10.0. The number of ether oxygens (including phenoxy) is 5. The molecule has 52 heavy (non-hydrogen) atoms. The first-order valence-corrected chi connectivity index (χ1v) is 17.6. The molecule has 12 heteroatoms. The van der Waals surface area contributed by atoms with Crippen molar-refractivity contribution >= 4 is 10.8 Å². The molecule has 2 unspecified atom stereocenters. The van der Waals surface area contributed by atoms with Crippen molar-refractivity contribution in [2.45, 2.75) is 51.7 Å². The Morgan fingerprint density at radius 1 is 0.577 bits per heavy atom. The van der Waals surface area contributed by atoms with Gasteiger partial charge in [-0.15, -0.1) is 0 Å². The number of rotatable bonds is 20. The zero-order valence-electron chi connectivity index (χ0n) is 29.8. The van der Waals surface area contributed by atoms with Crippen LogP contribution in [0.4, 0.5) is 0 Å². The summed E-state index contributed by atoms with van der Waals surface area (Å²) >= 11 is 0. The Morgan fingerprint density at radius 3 is 1.50 bits per heavy atom. The van der Waals surface area contributed by atoms with Gasteiger partial charge in [-0.25, -0.2) is 15.0 Å². The quantitative estimate of drug-likeness (QED) is 0.0643. The van der Waals surface area contributed by atoms with E-state index in [-0.39, 0.29) is 49.6 Å². The van der Waals surface area contributed by atoms with E-state index in [0.29, 0.717) is 53.0 Å². The Bertz CT molecular complexity index is 1820. The number of methoxy groups -OCH3 is 1. The first-order valence-electron chi connectivity index (χ1n) is 17.6. The molecule has 0 aliphatic rings. The van der Waals surface area contributed by atoms with Gasteiger partial charge in [-0.3, -0.25) is 0 Å². The summed E-state index contributed by atoms with van der Waals surface area (Å²) in [5.74, 6) is 1.67. The molecule has 4 N–H and O–H groups in total. The molecule has 1 heterocycles. The number of phenolic OH excluding ortho intramolecular Hbond substituents is 2. The predicted octanol–water partition coefficient (Wildman–Crippen LogP) is 6.56. The van der Waals surface area contributed by atoms with E-state index in [1.54, 1.807) is 31.4 Å². The van der Waals surface area contributed by atoms with Gasteiger partial charge in [-0.05, 0) is 54.6 Å². The third-order valence-electron chi connectivity index (χ3n) is 8.19. The number of aromatic hydroxyl groups is 2. The minimum absolute atomic E-state index is 0.0137. The maximum absolute atomic E-state index is 11.2. The second-order valence-corrected chi connectivity index (χ2v) is 12.3. The van der Waals surface area contributed by atoms with Crippen LogP contribution in [0.2, 0.25) is 0 Å². The highest BCUT2D eigenvalue weighted by molar-refractivity contribution is 5.99. The van der Waals surface area contributed by atoms with Crippen LogP contribution in [0, 0.1) is 0 Å². The summed E-state index contributed by atoms with van der Waals surface area (Å²) in [5, 5.41) is 44.5. The molecule has 1 aromatic heterocycles. The van der Waals surface area contributed by atoms with E-state index < -0.39 is 12.2 Å². The maximum atomic E-state index is 11.2. The van der Waals surface area contributed by atoms with Crippen molar-refractivity contribution in [2.24, 2.45) is 0 Å². The number of aromatic nitrogens is 3. The van der Waals surface area contributed by atoms with E-state index in [1.807, 2.05) is 36.4 Å². The second-order valence-electron chi connectivity index (χ2n) is 12.3. The first-order chi connectivity index (χ1) is 25.3. The molecule has 0 aliphatic heterocycles. The summed E-state index contributed by atoms with van der Waals surface area (Å²) < 4.78 is 28.0. The summed E-state index contributed by atoms with van der Waals surface area (Å²) in [6.45, 7) is 5.54. The maximum Gasteiger partial charge on any atom is 0.167 e. The monoisotopic (exact) mass is 713 g/mol. The van der Waals surface area contributed by atoms with Crippen LogP contribution >= 0.6 is 0 Å². The van der Waals surface area contributed by atoms with Crippen LogP contribution < -0.4 is 14.2 Å². The molecule has 0 bridgehead atoms. The summed E-state index contributed by atoms with van der Waals surface area (Å²) in [6.07, 6.45) is 2.18. The van der Waals surface area contributed by atoms with E-state index in [0.717, 1.165) is 36.5 Å². The number of phenols is 2. The Balaban J connectivity index is 1.46. The standard InChI is InChI=1S/C40H47N3O9/c1-4-6-18-49-22-26(44)24-51-28-12-14-33(35(46)20-28)39-41-38(32-16-17-37(48-3)31-11-9-8-10-30(31)32)42-40(43-39)34-15-13-29(21-36(34)47)52-25-27(45)23-50-19-7-5-2/h8-17,20-21,26-27,44-47H,4-7,18-19,22-25H2,1-3H3. The van der Waals surface area contributed by atoms with Crippen molar-refractivity contribution in [3.05, 3.63) is 72.8 Å². The van der Waals surface area contributed by atoms with Gasteiger partial charge in [0.25, 0.3) is 0 Å². The lowest BCUT2D eigenvalue weighted by Gasteiger charge is -2.15. The topological polar surface area (TPSA) is 166 Å². The van der Waals surface area contributed by atoms with Gasteiger partial charge in [0, 0.05) is 36.3 Å². The number of fused-ring (bicyclic) bond motifs is 1. The molecule has 4 aromatic carbocycles. The molecule has 2 atom stereocenters. The Morgan fingerprint density at radius 2 is 1.04 bits per heavy atom. The van der Waals surface area contributed by atoms with Gasteiger partial charge in [0.1, 0.15) is 54.2 Å². The van der Waals surface area contributed by atoms with E-state index in [2.05, 4.69) is 18.8 Å². The summed E-state index contributed by atoms with van der Waals surface area (Å²) in [5.41, 5.74) is 1.28. The Labute approximate surface area is 303 Å². The normalized spacial score (nSPS) is 12.5. The fourth-order valence-electron chi connectivity index (χ4n) is 5.37. The highest BCUT2D eigenvalue weighted by Crippen LogP contribution is 2.38. The number of aliphatic hydroxyl groups excluding tert-OH is 2. The van der Waals surface area contributed by atoms with E-state index in [9.17, 15) is 20.4 Å². The van der Waals surface area contributed by atoms with Gasteiger partial charge in [-0.1, -0.05) is 51.0 Å². The van der Waals surface area contributed by atoms with Gasteiger partial charge in [0.05, 0.1) is 31.5 Å². The number of hydrogen-bond acceptors (Lipinski definition) is 12. The molecular weight excluding hydrogens is 666 g/mol. The van der Waals surface area contributed by atoms with Crippen LogP contribution in [0.25, 0.3) is 44.9 Å². The van der Waals surface area contributed by atoms with Crippen LogP contribution in [0.1, 0.15) is 39.5 Å². The molecule has 276 valence electrons. The molecular formula is C40H47N3O9. The average molecular weight is 714 g/mol. The predicted molar refractivity (Wildman–Crippen MR) is 198 cm³/mol. The SMILES string of the molecule is CCCCOCC(O)COc1ccc(-c2nc(-c3ccc(OCC(O)COCCCC)cc3O)nc(-c3ccc(OC)c4ccccc34)n2)c(O)c1. The Kier molecular flexibility index (Phi) is 14.0. The summed E-state index contributed by atoms with van der Waals surface area (Å²) in [6, 6.07) is 20.8. The van der Waals surface area contributed by atoms with Gasteiger partial charge >= 0.3 is 0 Å². The lowest BCUT2D eigenvalue weighted by Crippen LogP contribution is -2.23. The molecule has 0 saturated carbocycles. The number of aliphatic hydroxyl groups is 2. The lowest BCUT2D eigenvalue weighted by molar-refractivity contribution is 0.0113. The minimum atomic E-state index is -0.828. The summed E-state index contributed by atoms with van der Waals surface area (Å²) in [7, 11) is 1.61. The minimum Gasteiger partial charge on any atom is -0.507 e. The van der Waals surface area contributed by atoms with Crippen LogP contribution in [0.5, 0.6) is 28.7 Å². The smallest absolute Gasteiger partial charge is 0.167 e. The fraction of sp³-hybridized carbons (Fsp3) is 0.375. The molecule has 0 saturated heterocycles. The molecule has 5 rings (SSSR count). The van der Waals surface area contributed by atoms with Crippen molar-refractivity contribution in [1.82, 2.24) is 15.0 Å². The number of benzene rings is 4. The number of nitrogens with zero attached hydrogens (tertiary/aromatic N) is 3. The highest BCUT2D eigenvalue weighted by Gasteiger charge is 2.20. The Hall–Kier alpha value is -5.01. The molecule has 12 nitrogen and oxygen atoms in total. The molecule has 0 aliphatic carbocycles. The third-order valence-corrected chi connectivity index (χ3v) is 8.19. The van der Waals surface area contributed by atoms with Crippen LogP contribution in [-0.2, 0) is 9.47 Å². The van der Waals surface area contributed by atoms with Gasteiger partial charge in [0.15, 0.2) is 17.5 Å². The van der Waals surface area contributed by atoms with Crippen LogP contribution in [0.15, 0.2) is 72.8 Å². The van der Waals surface area contributed by atoms with Crippen molar-refractivity contribution in [3.63, 3.8) is 0 Å². The largest absolute Gasteiger partial charge is 0.507 e.